The second-order valence-corrected chi connectivity index (χ2v) is 3.30. The van der Waals surface area contributed by atoms with Crippen molar-refractivity contribution < 1.29 is 28.2 Å². The fraction of sp³-hybridized carbons (Fsp3) is 0.300. The summed E-state index contributed by atoms with van der Waals surface area (Å²) < 4.78 is 38.2. The summed E-state index contributed by atoms with van der Waals surface area (Å²) in [6, 6.07) is 1.08. The van der Waals surface area contributed by atoms with Crippen molar-refractivity contribution in [2.24, 2.45) is 0 Å². The van der Waals surface area contributed by atoms with Crippen LogP contribution in [0.5, 0.6) is 0 Å². The van der Waals surface area contributed by atoms with Crippen LogP contribution in [0.2, 0.25) is 0 Å². The Bertz CT molecular complexity index is 402. The first-order chi connectivity index (χ1) is 7.95. The molecule has 3 N–H and O–H groups in total. The van der Waals surface area contributed by atoms with Crippen LogP contribution < -0.4 is 5.32 Å². The number of hydrogen-bond acceptors (Lipinski definition) is 3. The Labute approximate surface area is 94.7 Å². The number of hydrogen-bond donors (Lipinski definition) is 3. The van der Waals surface area contributed by atoms with Gasteiger partial charge in [0.25, 0.3) is 5.91 Å². The third-order valence-electron chi connectivity index (χ3n) is 1.95. The zero-order valence-corrected chi connectivity index (χ0v) is 8.58. The number of nitrogens with one attached hydrogen (secondary N) is 1. The molecule has 94 valence electrons. The molecule has 0 saturated carbocycles. The van der Waals surface area contributed by atoms with Crippen LogP contribution in [0.3, 0.4) is 0 Å². The highest BCUT2D eigenvalue weighted by molar-refractivity contribution is 5.94. The van der Waals surface area contributed by atoms with E-state index in [1.54, 1.807) is 0 Å². The van der Waals surface area contributed by atoms with E-state index in [0.29, 0.717) is 12.1 Å². The number of carbonyl (C=O) groups excluding carboxylic acids is 1. The van der Waals surface area contributed by atoms with Crippen molar-refractivity contribution in [2.45, 2.75) is 6.10 Å². The van der Waals surface area contributed by atoms with Crippen molar-refractivity contribution in [1.82, 2.24) is 5.32 Å². The van der Waals surface area contributed by atoms with Gasteiger partial charge in [-0.2, -0.15) is 0 Å². The van der Waals surface area contributed by atoms with Gasteiger partial charge in [0, 0.05) is 12.1 Å². The summed E-state index contributed by atoms with van der Waals surface area (Å²) in [5, 5.41) is 19.5. The number of carbonyl (C=O) groups is 1. The molecular formula is C10H10F3NO3. The second kappa shape index (κ2) is 5.65. The van der Waals surface area contributed by atoms with E-state index in [0.717, 1.165) is 0 Å². The third kappa shape index (κ3) is 3.43. The minimum absolute atomic E-state index is 0.282. The third-order valence-corrected chi connectivity index (χ3v) is 1.95. The summed E-state index contributed by atoms with van der Waals surface area (Å²) in [6.45, 7) is -0.845. The highest BCUT2D eigenvalue weighted by atomic mass is 19.2. The van der Waals surface area contributed by atoms with E-state index in [1.165, 1.54) is 0 Å². The van der Waals surface area contributed by atoms with Gasteiger partial charge in [-0.25, -0.2) is 13.2 Å². The molecule has 1 aromatic rings. The van der Waals surface area contributed by atoms with E-state index in [-0.39, 0.29) is 6.54 Å². The van der Waals surface area contributed by atoms with Crippen LogP contribution in [0.4, 0.5) is 13.2 Å². The molecule has 1 atom stereocenters. The predicted molar refractivity (Wildman–Crippen MR) is 51.7 cm³/mol. The highest BCUT2D eigenvalue weighted by Crippen LogP contribution is 2.13. The Morgan fingerprint density at radius 3 is 2.29 bits per heavy atom. The number of aliphatic hydroxyl groups is 2. The Morgan fingerprint density at radius 2 is 1.82 bits per heavy atom. The molecule has 0 heterocycles. The largest absolute Gasteiger partial charge is 0.394 e. The van der Waals surface area contributed by atoms with E-state index in [4.69, 9.17) is 10.2 Å². The van der Waals surface area contributed by atoms with Crippen molar-refractivity contribution in [3.05, 3.63) is 35.1 Å². The molecule has 0 aliphatic heterocycles. The maximum Gasteiger partial charge on any atom is 0.251 e. The lowest BCUT2D eigenvalue weighted by Gasteiger charge is -2.09. The molecule has 1 aromatic carbocycles. The van der Waals surface area contributed by atoms with Crippen molar-refractivity contribution >= 4 is 5.91 Å². The van der Waals surface area contributed by atoms with Crippen LogP contribution in [0, 0.1) is 17.5 Å². The van der Waals surface area contributed by atoms with Crippen LogP contribution in [0.25, 0.3) is 0 Å². The van der Waals surface area contributed by atoms with Crippen molar-refractivity contribution in [2.75, 3.05) is 13.2 Å². The van der Waals surface area contributed by atoms with Gasteiger partial charge in [0.2, 0.25) is 0 Å². The average Bonchev–Trinajstić information content (AvgIpc) is 2.31. The average molecular weight is 249 g/mol. The molecule has 0 aromatic heterocycles. The van der Waals surface area contributed by atoms with E-state index < -0.39 is 41.6 Å². The summed E-state index contributed by atoms with van der Waals surface area (Å²) in [4.78, 5) is 11.3. The quantitative estimate of drug-likeness (QED) is 0.667. The number of amides is 1. The van der Waals surface area contributed by atoms with Gasteiger partial charge in [-0.3, -0.25) is 4.79 Å². The first kappa shape index (κ1) is 13.5. The SMILES string of the molecule is O=C(NCC(O)CO)c1cc(F)c(F)c(F)c1. The van der Waals surface area contributed by atoms with E-state index >= 15 is 0 Å². The van der Waals surface area contributed by atoms with Crippen LogP contribution in [0.1, 0.15) is 10.4 Å². The standard InChI is InChI=1S/C10H10F3NO3/c11-7-1-5(2-8(12)9(7)13)10(17)14-3-6(16)4-15/h1-2,6,15-16H,3-4H2,(H,14,17). The van der Waals surface area contributed by atoms with Crippen LogP contribution in [-0.4, -0.2) is 35.4 Å². The summed E-state index contributed by atoms with van der Waals surface area (Å²) in [7, 11) is 0. The van der Waals surface area contributed by atoms with Gasteiger partial charge < -0.3 is 15.5 Å². The van der Waals surface area contributed by atoms with Crippen molar-refractivity contribution in [1.29, 1.82) is 0 Å². The Balaban J connectivity index is 2.76. The van der Waals surface area contributed by atoms with Gasteiger partial charge in [0.15, 0.2) is 17.5 Å². The Kier molecular flexibility index (Phi) is 4.47. The second-order valence-electron chi connectivity index (χ2n) is 3.30. The van der Waals surface area contributed by atoms with Crippen molar-refractivity contribution in [3.8, 4) is 0 Å². The molecule has 1 rings (SSSR count). The minimum Gasteiger partial charge on any atom is -0.394 e. The molecule has 1 unspecified atom stereocenters. The molecule has 0 fully saturated rings. The molecule has 0 spiro atoms. The topological polar surface area (TPSA) is 69.6 Å². The van der Waals surface area contributed by atoms with Gasteiger partial charge in [0.05, 0.1) is 12.7 Å². The molecule has 1 amide bonds. The summed E-state index contributed by atoms with van der Waals surface area (Å²) in [6.07, 6.45) is -1.17. The van der Waals surface area contributed by atoms with Gasteiger partial charge in [-0.05, 0) is 12.1 Å². The first-order valence-corrected chi connectivity index (χ1v) is 4.67. The van der Waals surface area contributed by atoms with E-state index in [1.807, 2.05) is 0 Å². The van der Waals surface area contributed by atoms with Crippen LogP contribution >= 0.6 is 0 Å². The monoisotopic (exact) mass is 249 g/mol. The fourth-order valence-corrected chi connectivity index (χ4v) is 1.06. The highest BCUT2D eigenvalue weighted by Gasteiger charge is 2.15. The summed E-state index contributed by atoms with van der Waals surface area (Å²) in [5.74, 6) is -5.48. The Hall–Kier alpha value is -1.60. The van der Waals surface area contributed by atoms with Gasteiger partial charge in [-0.15, -0.1) is 0 Å². The predicted octanol–water partition coefficient (Wildman–Crippen LogP) is 0.187. The molecule has 0 radical (unpaired) electrons. The molecular weight excluding hydrogens is 239 g/mol. The molecule has 0 saturated heterocycles. The first-order valence-electron chi connectivity index (χ1n) is 4.67. The molecule has 0 bridgehead atoms. The smallest absolute Gasteiger partial charge is 0.251 e. The van der Waals surface area contributed by atoms with E-state index in [9.17, 15) is 18.0 Å². The number of benzene rings is 1. The molecule has 0 aliphatic carbocycles. The van der Waals surface area contributed by atoms with Gasteiger partial charge in [0.1, 0.15) is 0 Å². The number of halogens is 3. The zero-order chi connectivity index (χ0) is 13.0. The molecule has 0 aliphatic rings. The molecule has 4 nitrogen and oxygen atoms in total. The van der Waals surface area contributed by atoms with Gasteiger partial charge >= 0.3 is 0 Å². The lowest BCUT2D eigenvalue weighted by molar-refractivity contribution is 0.0801. The molecule has 17 heavy (non-hydrogen) atoms. The maximum absolute atomic E-state index is 12.8. The minimum atomic E-state index is -1.66. The van der Waals surface area contributed by atoms with Crippen LogP contribution in [-0.2, 0) is 0 Å². The molecule has 7 heteroatoms. The summed E-state index contributed by atoms with van der Waals surface area (Å²) >= 11 is 0. The lowest BCUT2D eigenvalue weighted by Crippen LogP contribution is -2.34. The van der Waals surface area contributed by atoms with Gasteiger partial charge in [-0.1, -0.05) is 0 Å². The maximum atomic E-state index is 12.8. The fourth-order valence-electron chi connectivity index (χ4n) is 1.06. The zero-order valence-electron chi connectivity index (χ0n) is 8.58. The van der Waals surface area contributed by atoms with Crippen molar-refractivity contribution in [3.63, 3.8) is 0 Å². The number of rotatable bonds is 4. The van der Waals surface area contributed by atoms with Crippen LogP contribution in [0.15, 0.2) is 12.1 Å². The number of aliphatic hydroxyl groups excluding tert-OH is 2. The lowest BCUT2D eigenvalue weighted by atomic mass is 10.2. The Morgan fingerprint density at radius 1 is 1.29 bits per heavy atom. The normalized spacial score (nSPS) is 12.3. The summed E-state index contributed by atoms with van der Waals surface area (Å²) in [5.41, 5.74) is -0.411. The van der Waals surface area contributed by atoms with E-state index in [2.05, 4.69) is 5.32 Å².